The van der Waals surface area contributed by atoms with E-state index in [9.17, 15) is 23.2 Å². The molecule has 2 aromatic heterocycles. The van der Waals surface area contributed by atoms with E-state index in [1.54, 1.807) is 19.2 Å². The van der Waals surface area contributed by atoms with Crippen LogP contribution in [-0.4, -0.2) is 65.2 Å². The van der Waals surface area contributed by atoms with E-state index in [0.29, 0.717) is 17.1 Å². The minimum absolute atomic E-state index is 0.145. The molecule has 15 nitrogen and oxygen atoms in total. The number of phosphoric ester groups is 1. The minimum Gasteiger partial charge on any atom is -0.441 e. The number of halogens is 1. The third-order valence-electron chi connectivity index (χ3n) is 4.70. The number of nitrogens with zero attached hydrogens (tertiary/aromatic N) is 6. The molecule has 1 unspecified atom stereocenters. The quantitative estimate of drug-likeness (QED) is 0.355. The fraction of sp³-hybridized carbons (Fsp3) is 0.235. The molecule has 3 heterocycles. The maximum atomic E-state index is 14.9. The highest BCUT2D eigenvalue weighted by Gasteiger charge is 2.37. The highest BCUT2D eigenvalue weighted by atomic mass is 31.3. The summed E-state index contributed by atoms with van der Waals surface area (Å²) in [6.45, 7) is -0.884. The van der Waals surface area contributed by atoms with Crippen molar-refractivity contribution in [2.45, 2.75) is 6.10 Å². The number of benzene rings is 1. The van der Waals surface area contributed by atoms with Gasteiger partial charge in [0.25, 0.3) is 0 Å². The van der Waals surface area contributed by atoms with Gasteiger partial charge >= 0.3 is 21.7 Å². The van der Waals surface area contributed by atoms with E-state index in [0.717, 1.165) is 11.0 Å². The molecule has 35 heavy (non-hydrogen) atoms. The molecule has 1 aliphatic rings. The van der Waals surface area contributed by atoms with E-state index in [1.807, 2.05) is 0 Å². The van der Waals surface area contributed by atoms with Crippen LogP contribution in [0.3, 0.4) is 0 Å². The molecule has 1 aromatic carbocycles. The van der Waals surface area contributed by atoms with Gasteiger partial charge in [-0.15, -0.1) is 5.10 Å². The number of aryl methyl sites for hydroxylation is 1. The first kappa shape index (κ1) is 25.0. The molecule has 0 aliphatic carbocycles. The van der Waals surface area contributed by atoms with Crippen LogP contribution < -0.4 is 4.90 Å². The highest BCUT2D eigenvalue weighted by molar-refractivity contribution is 7.60. The number of cyclic esters (lactones) is 1. The Kier molecular flexibility index (Phi) is 6.79. The summed E-state index contributed by atoms with van der Waals surface area (Å²) in [7, 11) is -8.73. The van der Waals surface area contributed by atoms with E-state index in [2.05, 4.69) is 29.3 Å². The summed E-state index contributed by atoms with van der Waals surface area (Å²) < 4.78 is 51.7. The molecule has 186 valence electrons. The molecule has 0 saturated carbocycles. The SMILES string of the molecule is Cn1nnnc1-c1ccc(-c2ccc(N3C[C@H](COP(=O)(O)OP(=O)(O)O)OC3=O)cc2F)cn1. The molecular weight excluding hydrogens is 513 g/mol. The van der Waals surface area contributed by atoms with Gasteiger partial charge in [-0.1, -0.05) is 6.07 Å². The Morgan fingerprint density at radius 1 is 1.23 bits per heavy atom. The second-order valence-electron chi connectivity index (χ2n) is 7.18. The van der Waals surface area contributed by atoms with Crippen molar-refractivity contribution in [1.29, 1.82) is 0 Å². The molecule has 0 bridgehead atoms. The predicted molar refractivity (Wildman–Crippen MR) is 114 cm³/mol. The second kappa shape index (κ2) is 9.51. The number of phosphoric acid groups is 2. The number of hydrogen-bond donors (Lipinski definition) is 3. The fourth-order valence-electron chi connectivity index (χ4n) is 3.19. The van der Waals surface area contributed by atoms with Crippen LogP contribution >= 0.6 is 15.6 Å². The van der Waals surface area contributed by atoms with Crippen molar-refractivity contribution in [2.24, 2.45) is 7.05 Å². The number of hydrogen-bond acceptors (Lipinski definition) is 10. The molecule has 0 radical (unpaired) electrons. The van der Waals surface area contributed by atoms with Crippen molar-refractivity contribution >= 4 is 27.4 Å². The van der Waals surface area contributed by atoms with Crippen LogP contribution in [0.15, 0.2) is 36.5 Å². The van der Waals surface area contributed by atoms with E-state index < -0.39 is 40.3 Å². The Morgan fingerprint density at radius 2 is 2.00 bits per heavy atom. The number of aromatic nitrogens is 5. The summed E-state index contributed by atoms with van der Waals surface area (Å²) >= 11 is 0. The van der Waals surface area contributed by atoms with E-state index in [1.165, 1.54) is 23.0 Å². The van der Waals surface area contributed by atoms with Crippen LogP contribution in [0.2, 0.25) is 0 Å². The summed E-state index contributed by atoms with van der Waals surface area (Å²) in [5.74, 6) is -0.218. The van der Waals surface area contributed by atoms with Gasteiger partial charge in [-0.25, -0.2) is 23.0 Å². The molecule has 2 atom stereocenters. The first-order valence-corrected chi connectivity index (χ1v) is 12.7. The van der Waals surface area contributed by atoms with Crippen LogP contribution in [0.5, 0.6) is 0 Å². The maximum absolute atomic E-state index is 14.9. The average molecular weight is 530 g/mol. The molecule has 3 aromatic rings. The van der Waals surface area contributed by atoms with E-state index in [4.69, 9.17) is 14.5 Å². The molecule has 3 N–H and O–H groups in total. The van der Waals surface area contributed by atoms with Gasteiger partial charge < -0.3 is 19.4 Å². The Bertz CT molecular complexity index is 1350. The van der Waals surface area contributed by atoms with Crippen molar-refractivity contribution < 1.29 is 46.6 Å². The summed E-state index contributed by atoms with van der Waals surface area (Å²) in [6, 6.07) is 7.29. The lowest BCUT2D eigenvalue weighted by Crippen LogP contribution is -2.25. The number of pyridine rings is 1. The van der Waals surface area contributed by atoms with Crippen molar-refractivity contribution in [2.75, 3.05) is 18.1 Å². The number of anilines is 1. The lowest BCUT2D eigenvalue weighted by Gasteiger charge is -2.15. The zero-order chi connectivity index (χ0) is 25.4. The zero-order valence-corrected chi connectivity index (χ0v) is 19.5. The molecule has 1 amide bonds. The molecule has 18 heteroatoms. The Morgan fingerprint density at radius 3 is 2.60 bits per heavy atom. The van der Waals surface area contributed by atoms with Crippen molar-refractivity contribution in [1.82, 2.24) is 25.2 Å². The zero-order valence-electron chi connectivity index (χ0n) is 17.7. The normalized spacial score (nSPS) is 17.9. The lowest BCUT2D eigenvalue weighted by molar-refractivity contribution is 0.0865. The van der Waals surface area contributed by atoms with Crippen molar-refractivity contribution in [3.05, 3.63) is 42.3 Å². The minimum atomic E-state index is -5.29. The summed E-state index contributed by atoms with van der Waals surface area (Å²) in [4.78, 5) is 44.1. The Hall–Kier alpha value is -3.10. The van der Waals surface area contributed by atoms with Crippen LogP contribution in [0, 0.1) is 5.82 Å². The molecule has 0 spiro atoms. The van der Waals surface area contributed by atoms with Gasteiger partial charge in [0.15, 0.2) is 5.82 Å². The number of carbonyl (C=O) groups excluding carboxylic acids is 1. The highest BCUT2D eigenvalue weighted by Crippen LogP contribution is 2.57. The number of amides is 1. The third-order valence-corrected chi connectivity index (χ3v) is 6.85. The average Bonchev–Trinajstić information content (AvgIpc) is 3.36. The van der Waals surface area contributed by atoms with Crippen LogP contribution in [0.25, 0.3) is 22.6 Å². The first-order chi connectivity index (χ1) is 16.4. The molecule has 1 aliphatic heterocycles. The first-order valence-electron chi connectivity index (χ1n) is 9.63. The maximum Gasteiger partial charge on any atom is 0.481 e. The molecular formula is C17H17FN6O9P2. The molecule has 4 rings (SSSR count). The van der Waals surface area contributed by atoms with Gasteiger partial charge in [0.05, 0.1) is 18.8 Å². The standard InChI is InChI=1S/C17H17FN6O9P2/c1-23-16(20-21-22-23)15-5-2-10(7-19-15)13-4-3-11(6-14(13)18)24-8-12(32-17(24)25)9-31-35(29,30)33-34(26,27)28/h2-7,12H,8-9H2,1H3,(H,29,30)(H2,26,27,28)/t12-/m1/s1. The number of tetrazole rings is 1. The Labute approximate surface area is 195 Å². The molecule has 1 saturated heterocycles. The monoisotopic (exact) mass is 530 g/mol. The second-order valence-corrected chi connectivity index (χ2v) is 10.0. The van der Waals surface area contributed by atoms with Gasteiger partial charge in [-0.2, -0.15) is 4.31 Å². The van der Waals surface area contributed by atoms with Gasteiger partial charge in [0, 0.05) is 24.4 Å². The van der Waals surface area contributed by atoms with Crippen molar-refractivity contribution in [3.8, 4) is 22.6 Å². The van der Waals surface area contributed by atoms with Gasteiger partial charge in [-0.3, -0.25) is 14.4 Å². The summed E-state index contributed by atoms with van der Waals surface area (Å²) in [5.41, 5.74) is 1.32. The third kappa shape index (κ3) is 5.94. The number of rotatable bonds is 8. The van der Waals surface area contributed by atoms with Gasteiger partial charge in [-0.05, 0) is 34.7 Å². The largest absolute Gasteiger partial charge is 0.481 e. The van der Waals surface area contributed by atoms with E-state index in [-0.39, 0.29) is 17.8 Å². The number of ether oxygens (including phenoxy) is 1. The Balaban J connectivity index is 1.44. The van der Waals surface area contributed by atoms with Gasteiger partial charge in [0.1, 0.15) is 17.6 Å². The number of carbonyl (C=O) groups is 1. The lowest BCUT2D eigenvalue weighted by atomic mass is 10.1. The van der Waals surface area contributed by atoms with E-state index >= 15 is 0 Å². The topological polar surface area (TPSA) is 199 Å². The summed E-state index contributed by atoms with van der Waals surface area (Å²) in [6.07, 6.45) is -0.511. The van der Waals surface area contributed by atoms with Crippen LogP contribution in [0.4, 0.5) is 14.9 Å². The van der Waals surface area contributed by atoms with Crippen LogP contribution in [0.1, 0.15) is 0 Å². The van der Waals surface area contributed by atoms with Crippen molar-refractivity contribution in [3.63, 3.8) is 0 Å². The predicted octanol–water partition coefficient (Wildman–Crippen LogP) is 1.63. The molecule has 1 fully saturated rings. The summed E-state index contributed by atoms with van der Waals surface area (Å²) in [5, 5.41) is 11.1. The smallest absolute Gasteiger partial charge is 0.441 e. The van der Waals surface area contributed by atoms with Gasteiger partial charge in [0.2, 0.25) is 0 Å². The fourth-order valence-corrected chi connectivity index (χ4v) is 4.81. The van der Waals surface area contributed by atoms with Crippen LogP contribution in [-0.2, 0) is 29.7 Å².